The van der Waals surface area contributed by atoms with Gasteiger partial charge in [0.25, 0.3) is 11.8 Å². The number of nitrogens with zero attached hydrogens (tertiary/aromatic N) is 1. The van der Waals surface area contributed by atoms with Crippen LogP contribution in [0, 0.1) is 0 Å². The highest BCUT2D eigenvalue weighted by Crippen LogP contribution is 2.31. The molecule has 0 saturated carbocycles. The summed E-state index contributed by atoms with van der Waals surface area (Å²) in [6, 6.07) is 4.10. The van der Waals surface area contributed by atoms with Crippen molar-refractivity contribution in [1.29, 1.82) is 0 Å². The topological polar surface area (TPSA) is 122 Å². The van der Waals surface area contributed by atoms with Crippen LogP contribution >= 0.6 is 0 Å². The van der Waals surface area contributed by atoms with Gasteiger partial charge < -0.3 is 21.2 Å². The molecule has 3 amide bonds. The highest BCUT2D eigenvalue weighted by atomic mass is 16.2. The van der Waals surface area contributed by atoms with E-state index >= 15 is 0 Å². The molecule has 170 valence electrons. The number of aldehydes is 1. The predicted octanol–water partition coefficient (Wildman–Crippen LogP) is 2.48. The van der Waals surface area contributed by atoms with Crippen LogP contribution in [0.3, 0.4) is 0 Å². The van der Waals surface area contributed by atoms with Gasteiger partial charge in [-0.25, -0.2) is 0 Å². The molecule has 8 heteroatoms. The number of amides is 3. The summed E-state index contributed by atoms with van der Waals surface area (Å²) in [4.78, 5) is 50.1. The molecule has 1 aromatic rings. The predicted molar refractivity (Wildman–Crippen MR) is 120 cm³/mol. The first-order chi connectivity index (χ1) is 15.1. The standard InChI is InChI=1S/C23H34N4O4/c1-25-21(29)19(13-10-16-28)27-22(30)17-11-9-12-18(20(17)23(27)31)26-15-8-6-4-2-3-5-7-14-24/h9,11-12,16,19,26H,2-8,10,13-15,24H2,1H3,(H,25,29). The van der Waals surface area contributed by atoms with Crippen LogP contribution in [0.5, 0.6) is 0 Å². The van der Waals surface area contributed by atoms with E-state index in [-0.39, 0.29) is 18.4 Å². The van der Waals surface area contributed by atoms with Crippen LogP contribution in [0.4, 0.5) is 5.69 Å². The molecule has 0 aliphatic carbocycles. The van der Waals surface area contributed by atoms with Gasteiger partial charge in [0.05, 0.1) is 11.1 Å². The van der Waals surface area contributed by atoms with Crippen LogP contribution < -0.4 is 16.4 Å². The van der Waals surface area contributed by atoms with Gasteiger partial charge in [-0.15, -0.1) is 0 Å². The second-order valence-corrected chi connectivity index (χ2v) is 7.77. The molecule has 0 fully saturated rings. The fourth-order valence-corrected chi connectivity index (χ4v) is 3.88. The van der Waals surface area contributed by atoms with E-state index in [0.29, 0.717) is 24.1 Å². The van der Waals surface area contributed by atoms with Gasteiger partial charge in [-0.1, -0.05) is 38.2 Å². The number of likely N-dealkylation sites (N-methyl/N-ethyl adjacent to an activating group) is 1. The van der Waals surface area contributed by atoms with Crippen LogP contribution in [0.15, 0.2) is 18.2 Å². The van der Waals surface area contributed by atoms with Crippen LogP contribution in [0.1, 0.15) is 78.5 Å². The van der Waals surface area contributed by atoms with Crippen molar-refractivity contribution in [3.05, 3.63) is 29.3 Å². The van der Waals surface area contributed by atoms with Crippen molar-refractivity contribution in [3.63, 3.8) is 0 Å². The lowest BCUT2D eigenvalue weighted by atomic mass is 10.1. The first kappa shape index (κ1) is 24.5. The summed E-state index contributed by atoms with van der Waals surface area (Å²) in [5.74, 6) is -1.46. The van der Waals surface area contributed by atoms with E-state index in [4.69, 9.17) is 5.73 Å². The maximum absolute atomic E-state index is 13.1. The lowest BCUT2D eigenvalue weighted by molar-refractivity contribution is -0.124. The number of hydrogen-bond acceptors (Lipinski definition) is 6. The zero-order valence-corrected chi connectivity index (χ0v) is 18.3. The zero-order valence-electron chi connectivity index (χ0n) is 18.3. The average Bonchev–Trinajstić information content (AvgIpc) is 3.03. The number of hydrogen-bond donors (Lipinski definition) is 3. The lowest BCUT2D eigenvalue weighted by Gasteiger charge is -2.24. The number of anilines is 1. The van der Waals surface area contributed by atoms with E-state index in [1.54, 1.807) is 18.2 Å². The molecule has 4 N–H and O–H groups in total. The molecule has 8 nitrogen and oxygen atoms in total. The SMILES string of the molecule is CNC(=O)C(CCC=O)N1C(=O)c2cccc(NCCCCCCCCCN)c2C1=O. The third-order valence-electron chi connectivity index (χ3n) is 5.56. The second-order valence-electron chi connectivity index (χ2n) is 7.77. The minimum absolute atomic E-state index is 0.0861. The summed E-state index contributed by atoms with van der Waals surface area (Å²) in [6.07, 6.45) is 8.76. The first-order valence-electron chi connectivity index (χ1n) is 11.2. The third kappa shape index (κ3) is 6.37. The van der Waals surface area contributed by atoms with Crippen molar-refractivity contribution in [1.82, 2.24) is 10.2 Å². The van der Waals surface area contributed by atoms with Crippen LogP contribution in [0.25, 0.3) is 0 Å². The molecule has 1 aliphatic heterocycles. The fraction of sp³-hybridized carbons (Fsp3) is 0.565. The van der Waals surface area contributed by atoms with E-state index in [0.717, 1.165) is 37.1 Å². The van der Waals surface area contributed by atoms with Crippen molar-refractivity contribution in [2.75, 3.05) is 25.5 Å². The molecule has 0 aromatic heterocycles. The maximum atomic E-state index is 13.1. The van der Waals surface area contributed by atoms with Crippen molar-refractivity contribution in [3.8, 4) is 0 Å². The summed E-state index contributed by atoms with van der Waals surface area (Å²) in [5, 5.41) is 5.76. The summed E-state index contributed by atoms with van der Waals surface area (Å²) in [6.45, 7) is 1.45. The Kier molecular flexibility index (Phi) is 10.2. The van der Waals surface area contributed by atoms with E-state index < -0.39 is 23.8 Å². The van der Waals surface area contributed by atoms with Gasteiger partial charge in [-0.2, -0.15) is 0 Å². The molecule has 1 aliphatic rings. The average molecular weight is 431 g/mol. The quantitative estimate of drug-likeness (QED) is 0.223. The molecular formula is C23H34N4O4. The summed E-state index contributed by atoms with van der Waals surface area (Å²) in [7, 11) is 1.44. The van der Waals surface area contributed by atoms with E-state index in [9.17, 15) is 19.2 Å². The highest BCUT2D eigenvalue weighted by molar-refractivity contribution is 6.25. The van der Waals surface area contributed by atoms with Gasteiger partial charge in [-0.05, 0) is 37.9 Å². The van der Waals surface area contributed by atoms with E-state index in [1.165, 1.54) is 26.3 Å². The molecule has 31 heavy (non-hydrogen) atoms. The number of fused-ring (bicyclic) bond motifs is 1. The molecule has 1 unspecified atom stereocenters. The van der Waals surface area contributed by atoms with Crippen LogP contribution in [-0.4, -0.2) is 55.1 Å². The van der Waals surface area contributed by atoms with Crippen LogP contribution in [-0.2, 0) is 9.59 Å². The Bertz CT molecular complexity index is 781. The number of rotatable bonds is 15. The third-order valence-corrected chi connectivity index (χ3v) is 5.56. The summed E-state index contributed by atoms with van der Waals surface area (Å²) < 4.78 is 0. The molecule has 1 aromatic carbocycles. The smallest absolute Gasteiger partial charge is 0.264 e. The Balaban J connectivity index is 1.99. The summed E-state index contributed by atoms with van der Waals surface area (Å²) >= 11 is 0. The molecule has 0 saturated heterocycles. The van der Waals surface area contributed by atoms with Crippen molar-refractivity contribution >= 4 is 29.7 Å². The Hall–Kier alpha value is -2.74. The van der Waals surface area contributed by atoms with Gasteiger partial charge >= 0.3 is 0 Å². The van der Waals surface area contributed by atoms with Gasteiger partial charge in [0.1, 0.15) is 12.3 Å². The molecule has 0 radical (unpaired) electrons. The largest absolute Gasteiger partial charge is 0.384 e. The van der Waals surface area contributed by atoms with Gasteiger partial charge in [0.2, 0.25) is 5.91 Å². The first-order valence-corrected chi connectivity index (χ1v) is 11.2. The normalized spacial score (nSPS) is 13.8. The Labute approximate surface area is 183 Å². The van der Waals surface area contributed by atoms with Gasteiger partial charge in [0.15, 0.2) is 0 Å². The van der Waals surface area contributed by atoms with Crippen LogP contribution in [0.2, 0.25) is 0 Å². The number of carbonyl (C=O) groups is 4. The number of benzene rings is 1. The molecule has 1 heterocycles. The van der Waals surface area contributed by atoms with Crippen molar-refractivity contribution in [2.45, 2.75) is 63.8 Å². The Morgan fingerprint density at radius 2 is 1.74 bits per heavy atom. The molecule has 0 spiro atoms. The monoisotopic (exact) mass is 430 g/mol. The second kappa shape index (κ2) is 12.8. The Morgan fingerprint density at radius 1 is 1.06 bits per heavy atom. The number of nitrogens with one attached hydrogen (secondary N) is 2. The summed E-state index contributed by atoms with van der Waals surface area (Å²) in [5.41, 5.74) is 6.69. The van der Waals surface area contributed by atoms with Gasteiger partial charge in [-0.3, -0.25) is 19.3 Å². The van der Waals surface area contributed by atoms with E-state index in [1.807, 2.05) is 0 Å². The molecule has 1 atom stereocenters. The maximum Gasteiger partial charge on any atom is 0.264 e. The number of carbonyl (C=O) groups excluding carboxylic acids is 4. The molecule has 2 rings (SSSR count). The minimum Gasteiger partial charge on any atom is -0.384 e. The number of unbranched alkanes of at least 4 members (excludes halogenated alkanes) is 6. The van der Waals surface area contributed by atoms with Crippen molar-refractivity contribution in [2.24, 2.45) is 5.73 Å². The van der Waals surface area contributed by atoms with Crippen molar-refractivity contribution < 1.29 is 19.2 Å². The van der Waals surface area contributed by atoms with Gasteiger partial charge in [0, 0.05) is 25.7 Å². The minimum atomic E-state index is -1.00. The number of imide groups is 1. The number of nitrogens with two attached hydrogens (primary N) is 1. The highest BCUT2D eigenvalue weighted by Gasteiger charge is 2.43. The molecule has 0 bridgehead atoms. The lowest BCUT2D eigenvalue weighted by Crippen LogP contribution is -2.48. The van der Waals surface area contributed by atoms with E-state index in [2.05, 4.69) is 10.6 Å². The fourth-order valence-electron chi connectivity index (χ4n) is 3.88. The zero-order chi connectivity index (χ0) is 22.6. The molecular weight excluding hydrogens is 396 g/mol. The Morgan fingerprint density at radius 3 is 2.39 bits per heavy atom.